The van der Waals surface area contributed by atoms with Crippen molar-refractivity contribution >= 4 is 17.5 Å². The molecule has 0 fully saturated rings. The van der Waals surface area contributed by atoms with E-state index in [1.807, 2.05) is 0 Å². The van der Waals surface area contributed by atoms with E-state index >= 15 is 0 Å². The van der Waals surface area contributed by atoms with E-state index in [1.54, 1.807) is 6.92 Å². The van der Waals surface area contributed by atoms with E-state index in [9.17, 15) is 4.79 Å². The molecule has 0 aliphatic heterocycles. The van der Waals surface area contributed by atoms with Crippen LogP contribution in [0.3, 0.4) is 0 Å². The van der Waals surface area contributed by atoms with Gasteiger partial charge in [0, 0.05) is 6.54 Å². The first-order valence-corrected chi connectivity index (χ1v) is 4.68. The van der Waals surface area contributed by atoms with Gasteiger partial charge in [-0.2, -0.15) is 0 Å². The summed E-state index contributed by atoms with van der Waals surface area (Å²) in [6.07, 6.45) is 1.45. The number of carbonyl (C=O) groups is 1. The fraction of sp³-hybridized carbons (Fsp3) is 0.444. The van der Waals surface area contributed by atoms with Crippen LogP contribution in [0.15, 0.2) is 16.7 Å². The summed E-state index contributed by atoms with van der Waals surface area (Å²) in [6, 6.07) is 1.50. The maximum Gasteiger partial charge on any atom is 0.256 e. The van der Waals surface area contributed by atoms with Crippen LogP contribution in [0.5, 0.6) is 0 Å². The Morgan fingerprint density at radius 1 is 1.79 bits per heavy atom. The fourth-order valence-corrected chi connectivity index (χ4v) is 1.15. The van der Waals surface area contributed by atoms with Crippen LogP contribution >= 0.6 is 11.6 Å². The van der Waals surface area contributed by atoms with Crippen LogP contribution in [0.1, 0.15) is 23.7 Å². The molecule has 1 unspecified atom stereocenters. The van der Waals surface area contributed by atoms with E-state index in [-0.39, 0.29) is 11.1 Å². The van der Waals surface area contributed by atoms with Gasteiger partial charge in [-0.3, -0.25) is 4.79 Å². The number of amides is 1. The fourth-order valence-electron chi connectivity index (χ4n) is 0.946. The zero-order valence-electron chi connectivity index (χ0n) is 7.79. The van der Waals surface area contributed by atoms with E-state index in [2.05, 4.69) is 5.32 Å². The van der Waals surface area contributed by atoms with E-state index in [0.717, 1.165) is 0 Å². The first-order valence-electron chi connectivity index (χ1n) is 4.30. The van der Waals surface area contributed by atoms with Crippen molar-refractivity contribution in [3.8, 4) is 0 Å². The highest BCUT2D eigenvalue weighted by Crippen LogP contribution is 2.15. The average Bonchev–Trinajstić information content (AvgIpc) is 2.50. The lowest BCUT2D eigenvalue weighted by atomic mass is 10.2. The predicted octanol–water partition coefficient (Wildman–Crippen LogP) is 1.43. The number of hydrogen-bond acceptors (Lipinski definition) is 3. The summed E-state index contributed by atoms with van der Waals surface area (Å²) in [5, 5.41) is 11.7. The Hall–Kier alpha value is -1.00. The van der Waals surface area contributed by atoms with Gasteiger partial charge in [0.25, 0.3) is 5.91 Å². The molecule has 0 spiro atoms. The van der Waals surface area contributed by atoms with Crippen LogP contribution < -0.4 is 5.32 Å². The van der Waals surface area contributed by atoms with Gasteiger partial charge in [0.1, 0.15) is 0 Å². The summed E-state index contributed by atoms with van der Waals surface area (Å²) in [7, 11) is 0. The van der Waals surface area contributed by atoms with Crippen molar-refractivity contribution < 1.29 is 14.3 Å². The lowest BCUT2D eigenvalue weighted by Gasteiger charge is -2.05. The van der Waals surface area contributed by atoms with Crippen molar-refractivity contribution in [3.05, 3.63) is 23.1 Å². The molecule has 1 aromatic rings. The molecule has 14 heavy (non-hydrogen) atoms. The standard InChI is InChI=1S/C9H12ClNO3/c1-6(12)2-4-11-9(13)7-3-5-14-8(7)10/h3,5-6,12H,2,4H2,1H3,(H,11,13). The van der Waals surface area contributed by atoms with Gasteiger partial charge in [0.2, 0.25) is 5.22 Å². The highest BCUT2D eigenvalue weighted by molar-refractivity contribution is 6.32. The summed E-state index contributed by atoms with van der Waals surface area (Å²) >= 11 is 5.60. The van der Waals surface area contributed by atoms with Crippen molar-refractivity contribution in [1.29, 1.82) is 0 Å². The minimum absolute atomic E-state index is 0.0829. The molecule has 4 nitrogen and oxygen atoms in total. The summed E-state index contributed by atoms with van der Waals surface area (Å²) < 4.78 is 4.77. The third-order valence-corrected chi connectivity index (χ3v) is 2.00. The number of hydrogen-bond donors (Lipinski definition) is 2. The third kappa shape index (κ3) is 3.05. The van der Waals surface area contributed by atoms with Crippen molar-refractivity contribution in [2.75, 3.05) is 6.54 Å². The Morgan fingerprint density at radius 3 is 3.00 bits per heavy atom. The molecule has 0 aliphatic rings. The number of halogens is 1. The van der Waals surface area contributed by atoms with E-state index in [4.69, 9.17) is 21.1 Å². The third-order valence-electron chi connectivity index (χ3n) is 1.71. The molecule has 5 heteroatoms. The van der Waals surface area contributed by atoms with Crippen LogP contribution in [-0.4, -0.2) is 23.7 Å². The molecule has 1 amide bonds. The molecule has 2 N–H and O–H groups in total. The lowest BCUT2D eigenvalue weighted by molar-refractivity contribution is 0.0945. The molecule has 1 heterocycles. The Kier molecular flexibility index (Phi) is 3.98. The van der Waals surface area contributed by atoms with Crippen LogP contribution in [0.4, 0.5) is 0 Å². The molecule has 1 atom stereocenters. The van der Waals surface area contributed by atoms with Gasteiger partial charge >= 0.3 is 0 Å². The second-order valence-electron chi connectivity index (χ2n) is 3.00. The van der Waals surface area contributed by atoms with Crippen LogP contribution in [0.2, 0.25) is 5.22 Å². The maximum atomic E-state index is 11.4. The van der Waals surface area contributed by atoms with Gasteiger partial charge in [-0.1, -0.05) is 0 Å². The number of carbonyl (C=O) groups excluding carboxylic acids is 1. The van der Waals surface area contributed by atoms with Gasteiger partial charge in [-0.25, -0.2) is 0 Å². The zero-order valence-corrected chi connectivity index (χ0v) is 8.54. The second-order valence-corrected chi connectivity index (χ2v) is 3.34. The number of aliphatic hydroxyl groups excluding tert-OH is 1. The Labute approximate surface area is 86.9 Å². The topological polar surface area (TPSA) is 62.5 Å². The molecule has 78 valence electrons. The van der Waals surface area contributed by atoms with Gasteiger partial charge in [-0.05, 0) is 31.0 Å². The maximum absolute atomic E-state index is 11.4. The van der Waals surface area contributed by atoms with Gasteiger partial charge in [0.05, 0.1) is 17.9 Å². The number of furan rings is 1. The SMILES string of the molecule is CC(O)CCNC(=O)c1ccoc1Cl. The highest BCUT2D eigenvalue weighted by Gasteiger charge is 2.12. The summed E-state index contributed by atoms with van der Waals surface area (Å²) in [5.41, 5.74) is 0.317. The number of aliphatic hydroxyl groups is 1. The minimum atomic E-state index is -0.421. The van der Waals surface area contributed by atoms with Crippen molar-refractivity contribution in [1.82, 2.24) is 5.32 Å². The highest BCUT2D eigenvalue weighted by atomic mass is 35.5. The molecule has 0 bridgehead atoms. The van der Waals surface area contributed by atoms with Crippen molar-refractivity contribution in [2.45, 2.75) is 19.4 Å². The summed E-state index contributed by atoms with van der Waals surface area (Å²) in [5.74, 6) is -0.288. The number of nitrogens with one attached hydrogen (secondary N) is 1. The molecule has 0 radical (unpaired) electrons. The van der Waals surface area contributed by atoms with Crippen molar-refractivity contribution in [2.24, 2.45) is 0 Å². The molecule has 0 aromatic carbocycles. The first kappa shape index (κ1) is 11.1. The van der Waals surface area contributed by atoms with Crippen LogP contribution in [0, 0.1) is 0 Å². The van der Waals surface area contributed by atoms with Crippen LogP contribution in [-0.2, 0) is 0 Å². The van der Waals surface area contributed by atoms with Gasteiger partial charge in [-0.15, -0.1) is 0 Å². The predicted molar refractivity (Wildman–Crippen MR) is 52.3 cm³/mol. The smallest absolute Gasteiger partial charge is 0.256 e. The first-order chi connectivity index (χ1) is 6.61. The molecule has 0 aliphatic carbocycles. The van der Waals surface area contributed by atoms with Crippen molar-refractivity contribution in [3.63, 3.8) is 0 Å². The Balaban J connectivity index is 2.40. The van der Waals surface area contributed by atoms with E-state index in [0.29, 0.717) is 18.5 Å². The van der Waals surface area contributed by atoms with E-state index in [1.165, 1.54) is 12.3 Å². The lowest BCUT2D eigenvalue weighted by Crippen LogP contribution is -2.26. The Bertz CT molecular complexity index is 309. The quantitative estimate of drug-likeness (QED) is 0.802. The molecule has 0 saturated carbocycles. The largest absolute Gasteiger partial charge is 0.452 e. The molecule has 1 rings (SSSR count). The zero-order chi connectivity index (χ0) is 10.6. The molecule has 1 aromatic heterocycles. The van der Waals surface area contributed by atoms with E-state index < -0.39 is 6.10 Å². The molecular formula is C9H12ClNO3. The van der Waals surface area contributed by atoms with Crippen LogP contribution in [0.25, 0.3) is 0 Å². The average molecular weight is 218 g/mol. The summed E-state index contributed by atoms with van der Waals surface area (Å²) in [6.45, 7) is 2.08. The second kappa shape index (κ2) is 5.02. The monoisotopic (exact) mass is 217 g/mol. The molecule has 0 saturated heterocycles. The summed E-state index contributed by atoms with van der Waals surface area (Å²) in [4.78, 5) is 11.4. The Morgan fingerprint density at radius 2 is 2.50 bits per heavy atom. The number of rotatable bonds is 4. The molecular weight excluding hydrogens is 206 g/mol. The normalized spacial score (nSPS) is 12.5. The van der Waals surface area contributed by atoms with Gasteiger partial charge < -0.3 is 14.8 Å². The minimum Gasteiger partial charge on any atom is -0.452 e. The van der Waals surface area contributed by atoms with Gasteiger partial charge in [0.15, 0.2) is 0 Å².